The summed E-state index contributed by atoms with van der Waals surface area (Å²) in [5.74, 6) is 2.04. The Morgan fingerprint density at radius 2 is 0.968 bits per heavy atom. The Kier molecular flexibility index (Phi) is 28.2. The summed E-state index contributed by atoms with van der Waals surface area (Å²) >= 11 is 14.8. The highest BCUT2D eigenvalue weighted by Gasteiger charge is 2.27. The Morgan fingerprint density at radius 1 is 0.581 bits per heavy atom. The monoisotopic (exact) mass is 921 g/mol. The molecule has 0 spiro atoms. The SMILES string of the molecule is CC1=C(/C=C/C(C)=C/C=C/C(C)=C/C(=S)SCCCN(C)CCOCCOCCN(C)CCCSC(=S)/C=C(C)/C=C/C=C(C)/C=C/C2=C(C)CCCC2(C)C)C(C)(C)CCC1. The van der Waals surface area contributed by atoms with Crippen molar-refractivity contribution in [3.63, 3.8) is 0 Å². The lowest BCUT2D eigenvalue weighted by molar-refractivity contribution is 0.0351. The number of hydrogen-bond acceptors (Lipinski definition) is 8. The van der Waals surface area contributed by atoms with Crippen molar-refractivity contribution in [2.75, 3.05) is 78.2 Å². The highest BCUT2D eigenvalue weighted by atomic mass is 32.2. The average molecular weight is 922 g/mol. The summed E-state index contributed by atoms with van der Waals surface area (Å²) in [7, 11) is 4.32. The van der Waals surface area contributed by atoms with E-state index in [1.807, 2.05) is 0 Å². The Hall–Kier alpha value is -1.88. The summed E-state index contributed by atoms with van der Waals surface area (Å²) in [5, 5.41) is 0. The van der Waals surface area contributed by atoms with Crippen LogP contribution >= 0.6 is 48.0 Å². The van der Waals surface area contributed by atoms with E-state index in [0.29, 0.717) is 13.2 Å². The number of hydrogen-bond donors (Lipinski definition) is 0. The molecule has 62 heavy (non-hydrogen) atoms. The summed E-state index contributed by atoms with van der Waals surface area (Å²) in [6.45, 7) is 29.2. The van der Waals surface area contributed by atoms with E-state index in [9.17, 15) is 0 Å². The third-order valence-electron chi connectivity index (χ3n) is 11.7. The Morgan fingerprint density at radius 3 is 1.34 bits per heavy atom. The van der Waals surface area contributed by atoms with Crippen molar-refractivity contribution in [3.8, 4) is 0 Å². The van der Waals surface area contributed by atoms with Gasteiger partial charge in [-0.1, -0.05) is 135 Å². The van der Waals surface area contributed by atoms with E-state index in [0.717, 1.165) is 72.1 Å². The third kappa shape index (κ3) is 25.0. The molecule has 8 heteroatoms. The van der Waals surface area contributed by atoms with Crippen molar-refractivity contribution >= 4 is 56.4 Å². The zero-order valence-electron chi connectivity index (χ0n) is 41.0. The van der Waals surface area contributed by atoms with Crippen LogP contribution in [0.1, 0.15) is 121 Å². The van der Waals surface area contributed by atoms with Gasteiger partial charge < -0.3 is 19.3 Å². The van der Waals surface area contributed by atoms with Crippen LogP contribution in [-0.2, 0) is 9.47 Å². The molecule has 0 aromatic carbocycles. The minimum absolute atomic E-state index is 0.273. The first-order valence-corrected chi connectivity index (χ1v) is 25.9. The summed E-state index contributed by atoms with van der Waals surface area (Å²) < 4.78 is 13.6. The van der Waals surface area contributed by atoms with Gasteiger partial charge >= 0.3 is 0 Å². The van der Waals surface area contributed by atoms with E-state index in [2.05, 4.69) is 166 Å². The lowest BCUT2D eigenvalue weighted by Crippen LogP contribution is -2.26. The topological polar surface area (TPSA) is 24.9 Å². The Balaban J connectivity index is 1.48. The molecule has 2 rings (SSSR count). The maximum Gasteiger partial charge on any atom is 0.0708 e. The summed E-state index contributed by atoms with van der Waals surface area (Å²) in [6, 6.07) is 0. The summed E-state index contributed by atoms with van der Waals surface area (Å²) in [5.41, 5.74) is 11.5. The van der Waals surface area contributed by atoms with E-state index < -0.39 is 0 Å². The minimum Gasteiger partial charge on any atom is -0.378 e. The van der Waals surface area contributed by atoms with Gasteiger partial charge in [-0.2, -0.15) is 0 Å². The first kappa shape index (κ1) is 56.2. The molecule has 0 bridgehead atoms. The second-order valence-electron chi connectivity index (χ2n) is 18.7. The van der Waals surface area contributed by atoms with Crippen LogP contribution in [0.25, 0.3) is 0 Å². The molecule has 4 nitrogen and oxygen atoms in total. The summed E-state index contributed by atoms with van der Waals surface area (Å²) in [4.78, 5) is 4.66. The van der Waals surface area contributed by atoms with Crippen LogP contribution in [0.3, 0.4) is 0 Å². The molecule has 2 aliphatic rings. The van der Waals surface area contributed by atoms with Crippen LogP contribution in [0.15, 0.2) is 117 Å². The van der Waals surface area contributed by atoms with Crippen molar-refractivity contribution in [2.45, 2.75) is 121 Å². The van der Waals surface area contributed by atoms with E-state index in [4.69, 9.17) is 33.9 Å². The quantitative estimate of drug-likeness (QED) is 0.0348. The molecule has 0 aliphatic heterocycles. The molecule has 0 N–H and O–H groups in total. The second-order valence-corrected chi connectivity index (χ2v) is 22.4. The fourth-order valence-corrected chi connectivity index (χ4v) is 10.2. The molecule has 0 saturated carbocycles. The zero-order valence-corrected chi connectivity index (χ0v) is 44.3. The third-order valence-corrected chi connectivity index (χ3v) is 14.4. The van der Waals surface area contributed by atoms with Gasteiger partial charge in [0.15, 0.2) is 0 Å². The normalized spacial score (nSPS) is 18.4. The van der Waals surface area contributed by atoms with Crippen molar-refractivity contribution in [2.24, 2.45) is 10.8 Å². The zero-order chi connectivity index (χ0) is 46.0. The molecule has 0 amide bonds. The molecule has 0 atom stereocenters. The van der Waals surface area contributed by atoms with Crippen molar-refractivity contribution in [1.82, 2.24) is 9.80 Å². The van der Waals surface area contributed by atoms with E-state index in [-0.39, 0.29) is 10.8 Å². The van der Waals surface area contributed by atoms with Gasteiger partial charge in [-0.15, -0.1) is 23.5 Å². The number of allylic oxidation sites excluding steroid dienone is 18. The molecule has 0 unspecified atom stereocenters. The van der Waals surface area contributed by atoms with Crippen LogP contribution < -0.4 is 0 Å². The molecule has 0 radical (unpaired) electrons. The fraction of sp³-hybridized carbons (Fsp3) is 0.593. The number of rotatable bonds is 27. The van der Waals surface area contributed by atoms with Crippen LogP contribution in [0, 0.1) is 10.8 Å². The minimum atomic E-state index is 0.273. The molecule has 0 heterocycles. The highest BCUT2D eigenvalue weighted by molar-refractivity contribution is 8.23. The number of likely N-dealkylation sites (N-methyl/N-ethyl adjacent to an activating group) is 2. The average Bonchev–Trinajstić information content (AvgIpc) is 3.18. The number of thioether (sulfide) groups is 2. The standard InChI is InChI=1S/C54H84N2O2S4/c1-43(25-27-49-47(5)23-15-29-53(49,7)8)19-13-21-45(3)41-51(59)61-39-17-31-55(11)33-35-57-37-38-58-36-34-56(12)32-18-40-62-52(60)42-46(4)22-14-20-44(2)26-28-50-48(6)24-16-30-54(50,9)10/h13-14,19-22,25-28,41-42H,15-18,23-24,29-40H2,1-12H3/b21-13+,22-14+,27-25+,28-26+,43-19+,44-20+,45-41+,46-42+. The van der Waals surface area contributed by atoms with Gasteiger partial charge in [0.1, 0.15) is 0 Å². The van der Waals surface area contributed by atoms with Crippen LogP contribution in [0.5, 0.6) is 0 Å². The van der Waals surface area contributed by atoms with E-state index >= 15 is 0 Å². The van der Waals surface area contributed by atoms with Gasteiger partial charge in [0.05, 0.1) is 34.8 Å². The molecule has 0 saturated heterocycles. The predicted molar refractivity (Wildman–Crippen MR) is 288 cm³/mol. The van der Waals surface area contributed by atoms with Gasteiger partial charge in [-0.05, 0) is 165 Å². The van der Waals surface area contributed by atoms with Crippen molar-refractivity contribution in [3.05, 3.63) is 117 Å². The molecular weight excluding hydrogens is 837 g/mol. The maximum atomic E-state index is 5.84. The largest absolute Gasteiger partial charge is 0.378 e. The van der Waals surface area contributed by atoms with Gasteiger partial charge in [0.2, 0.25) is 0 Å². The van der Waals surface area contributed by atoms with E-state index in [1.54, 1.807) is 23.5 Å². The van der Waals surface area contributed by atoms with Gasteiger partial charge in [0.25, 0.3) is 0 Å². The Bertz CT molecular complexity index is 1610. The fourth-order valence-electron chi connectivity index (χ4n) is 7.82. The first-order valence-electron chi connectivity index (χ1n) is 23.1. The number of nitrogens with zero attached hydrogens (tertiary/aromatic N) is 2. The first-order chi connectivity index (χ1) is 29.4. The van der Waals surface area contributed by atoms with Crippen LogP contribution in [-0.4, -0.2) is 96.4 Å². The van der Waals surface area contributed by atoms with Crippen molar-refractivity contribution in [1.29, 1.82) is 0 Å². The molecule has 2 aliphatic carbocycles. The molecular formula is C54H84N2O2S4. The highest BCUT2D eigenvalue weighted by Crippen LogP contribution is 2.42. The second kappa shape index (κ2) is 31.1. The van der Waals surface area contributed by atoms with Gasteiger partial charge in [-0.3, -0.25) is 0 Å². The summed E-state index contributed by atoms with van der Waals surface area (Å²) in [6.07, 6.45) is 36.1. The lowest BCUT2D eigenvalue weighted by atomic mass is 9.72. The maximum absolute atomic E-state index is 5.84. The van der Waals surface area contributed by atoms with Crippen molar-refractivity contribution < 1.29 is 9.47 Å². The smallest absolute Gasteiger partial charge is 0.0708 e. The van der Waals surface area contributed by atoms with Crippen LogP contribution in [0.4, 0.5) is 0 Å². The lowest BCUT2D eigenvalue weighted by Gasteiger charge is -2.33. The predicted octanol–water partition coefficient (Wildman–Crippen LogP) is 14.8. The van der Waals surface area contributed by atoms with Crippen LogP contribution in [0.2, 0.25) is 0 Å². The molecule has 346 valence electrons. The number of ether oxygens (including phenoxy) is 2. The molecule has 0 fully saturated rings. The van der Waals surface area contributed by atoms with E-state index in [1.165, 1.54) is 83.1 Å². The molecule has 0 aromatic heterocycles. The van der Waals surface area contributed by atoms with Gasteiger partial charge in [0, 0.05) is 24.6 Å². The Labute approximate surface area is 400 Å². The number of thiocarbonyl (C=S) groups is 2. The van der Waals surface area contributed by atoms with Gasteiger partial charge in [-0.25, -0.2) is 0 Å². The molecule has 0 aromatic rings.